The van der Waals surface area contributed by atoms with Crippen LogP contribution in [0.15, 0.2) is 344 Å². The largest absolute Gasteiger partial charge is 0.454 e. The molecule has 17 aromatic carbocycles. The zero-order valence-corrected chi connectivity index (χ0v) is 61.8. The Kier molecular flexibility index (Phi) is 12.2. The summed E-state index contributed by atoms with van der Waals surface area (Å²) in [4.78, 5) is 21.7. The summed E-state index contributed by atoms with van der Waals surface area (Å²) in [6.45, 7) is 4.68. The van der Waals surface area contributed by atoms with Gasteiger partial charge in [0.25, 0.3) is 0 Å². The monoisotopic (exact) mass is 1450 g/mol. The molecular weight excluding hydrogens is 1390 g/mol. The molecule has 0 bridgehead atoms. The standard InChI is InChI=1S/C57H34N4O.C48H28N4/c1-57(2)43-19-7-5-14-34(43)35-26-25-32(30-44(35)57)51-42-27-24-31-12-3-4-13-33(31)52(42)59-56(58-51)60-45-20-10-16-37-38-17-9-18-39-40-28-29-41-36-15-6-8-23-48(36)62-55(41)54(40)61(53(38)39)47-22-11-21-46(60)50(47)49(37)45;1-2-12-30(13-3-1)45-38-28-25-29-11-4-5-14-33(29)46(38)50-48(49-45)31-23-26-32(27-24-31)51-40-20-9-16-35-37-18-8-17-36-34-15-6-7-19-39(34)52(47(36)37)42-22-10-21-41(51)44(42)43(35)40/h3-30H,1-2H3;1-28H. The first-order valence-corrected chi connectivity index (χ1v) is 39.2. The van der Waals surface area contributed by atoms with E-state index in [0.717, 1.165) is 122 Å². The maximum absolute atomic E-state index is 6.81. The molecule has 1 aliphatic rings. The Balaban J connectivity index is 0.000000128. The van der Waals surface area contributed by atoms with Crippen LogP contribution in [0.1, 0.15) is 25.0 Å². The zero-order valence-electron chi connectivity index (χ0n) is 61.8. The first kappa shape index (κ1) is 61.8. The highest BCUT2D eigenvalue weighted by Gasteiger charge is 2.36. The second kappa shape index (κ2) is 22.6. The fraction of sp³-hybridized carbons (Fsp3) is 0.0286. The van der Waals surface area contributed by atoms with Crippen molar-refractivity contribution < 1.29 is 4.42 Å². The molecule has 0 saturated carbocycles. The number of benzene rings is 17. The fourth-order valence-electron chi connectivity index (χ4n) is 20.4. The Labute approximate surface area is 650 Å². The van der Waals surface area contributed by atoms with E-state index in [1.165, 1.54) is 125 Å². The van der Waals surface area contributed by atoms with Gasteiger partial charge in [0.1, 0.15) is 5.58 Å². The van der Waals surface area contributed by atoms with Crippen molar-refractivity contribution in [3.05, 3.63) is 351 Å². The molecule has 9 nitrogen and oxygen atoms in total. The Morgan fingerprint density at radius 2 is 0.746 bits per heavy atom. The van der Waals surface area contributed by atoms with Crippen LogP contribution in [0, 0.1) is 0 Å². The van der Waals surface area contributed by atoms with Crippen molar-refractivity contribution in [2.75, 3.05) is 0 Å². The maximum Gasteiger partial charge on any atom is 0.235 e. The van der Waals surface area contributed by atoms with Crippen molar-refractivity contribution in [3.8, 4) is 56.7 Å². The smallest absolute Gasteiger partial charge is 0.235 e. The Bertz CT molecular complexity index is 8710. The van der Waals surface area contributed by atoms with E-state index in [9.17, 15) is 0 Å². The number of hydrogen-bond acceptors (Lipinski definition) is 5. The maximum atomic E-state index is 6.81. The van der Waals surface area contributed by atoms with Crippen LogP contribution in [-0.4, -0.2) is 37.9 Å². The third kappa shape index (κ3) is 8.20. The van der Waals surface area contributed by atoms with Gasteiger partial charge in [-0.25, -0.2) is 19.9 Å². The Hall–Kier alpha value is -15.1. The first-order chi connectivity index (χ1) is 56.3. The lowest BCUT2D eigenvalue weighted by molar-refractivity contribution is 0.660. The van der Waals surface area contributed by atoms with Gasteiger partial charge in [0.15, 0.2) is 11.4 Å². The van der Waals surface area contributed by atoms with Gasteiger partial charge in [-0.1, -0.05) is 257 Å². The first-order valence-electron chi connectivity index (χ1n) is 39.2. The summed E-state index contributed by atoms with van der Waals surface area (Å²) in [6.07, 6.45) is 0. The highest BCUT2D eigenvalue weighted by atomic mass is 16.3. The number of nitrogens with zero attached hydrogens (tertiary/aromatic N) is 8. The van der Waals surface area contributed by atoms with Crippen molar-refractivity contribution in [1.29, 1.82) is 0 Å². The van der Waals surface area contributed by atoms with Gasteiger partial charge in [-0.2, -0.15) is 0 Å². The molecule has 0 N–H and O–H groups in total. The highest BCUT2D eigenvalue weighted by Crippen LogP contribution is 2.52. The van der Waals surface area contributed by atoms with E-state index in [2.05, 4.69) is 359 Å². The van der Waals surface area contributed by atoms with Crippen LogP contribution in [0.5, 0.6) is 0 Å². The molecule has 26 aromatic rings. The second-order valence-corrected chi connectivity index (χ2v) is 31.4. The van der Waals surface area contributed by atoms with Crippen LogP contribution in [0.2, 0.25) is 0 Å². The molecule has 0 spiro atoms. The van der Waals surface area contributed by atoms with Gasteiger partial charge in [0.05, 0.1) is 77.6 Å². The molecule has 9 heterocycles. The summed E-state index contributed by atoms with van der Waals surface area (Å²) in [6, 6.07) is 123. The third-order valence-electron chi connectivity index (χ3n) is 25.3. The normalized spacial score (nSPS) is 13.1. The SMILES string of the molecule is CC1(C)c2ccccc2-c2ccc(-c3nc(-n4c5cccc6c7cccc8c9ccc%10c%11ccccc%11oc%10c9n(c9cccc4c9c65)c78)nc4c3ccc3ccccc34)cc21.c1ccc(-c2nc(-c3ccc(-n4c5cccc6c7cccc8c9ccccc9n(c9cccc4c9c65)c78)cc3)nc3c2ccc2ccccc23)cc1. The van der Waals surface area contributed by atoms with E-state index in [1.54, 1.807) is 0 Å². The summed E-state index contributed by atoms with van der Waals surface area (Å²) >= 11 is 0. The Morgan fingerprint density at radius 3 is 1.46 bits per heavy atom. The average Bonchev–Trinajstić information content (AvgIpc) is 1.59. The Morgan fingerprint density at radius 1 is 0.272 bits per heavy atom. The molecule has 528 valence electrons. The van der Waals surface area contributed by atoms with Crippen molar-refractivity contribution in [1.82, 2.24) is 37.9 Å². The molecule has 1 aliphatic carbocycles. The second-order valence-electron chi connectivity index (χ2n) is 31.4. The number of aromatic nitrogens is 8. The lowest BCUT2D eigenvalue weighted by Crippen LogP contribution is -2.15. The number of hydrogen-bond donors (Lipinski definition) is 0. The minimum Gasteiger partial charge on any atom is -0.454 e. The molecule has 0 unspecified atom stereocenters. The van der Waals surface area contributed by atoms with E-state index in [1.807, 2.05) is 12.1 Å². The topological polar surface area (TPSA) is 83.4 Å². The predicted molar refractivity (Wildman–Crippen MR) is 473 cm³/mol. The van der Waals surface area contributed by atoms with Crippen LogP contribution in [0.4, 0.5) is 0 Å². The minimum absolute atomic E-state index is 0.147. The van der Waals surface area contributed by atoms with Crippen LogP contribution < -0.4 is 0 Å². The quantitative estimate of drug-likeness (QED) is 0.160. The minimum atomic E-state index is -0.147. The van der Waals surface area contributed by atoms with E-state index >= 15 is 0 Å². The predicted octanol–water partition coefficient (Wildman–Crippen LogP) is 27.3. The molecule has 0 aliphatic heterocycles. The van der Waals surface area contributed by atoms with Crippen molar-refractivity contribution in [2.24, 2.45) is 0 Å². The molecule has 0 radical (unpaired) electrons. The molecule has 0 amide bonds. The van der Waals surface area contributed by atoms with Gasteiger partial charge < -0.3 is 17.8 Å². The van der Waals surface area contributed by atoms with Crippen LogP contribution in [-0.2, 0) is 5.41 Å². The average molecular weight is 1450 g/mol. The van der Waals surface area contributed by atoms with Gasteiger partial charge in [-0.05, 0) is 141 Å². The van der Waals surface area contributed by atoms with E-state index in [0.29, 0.717) is 5.95 Å². The molecule has 9 heteroatoms. The summed E-state index contributed by atoms with van der Waals surface area (Å²) in [5.41, 5.74) is 26.6. The molecule has 114 heavy (non-hydrogen) atoms. The lowest BCUT2D eigenvalue weighted by atomic mass is 9.82. The van der Waals surface area contributed by atoms with E-state index < -0.39 is 0 Å². The zero-order chi connectivity index (χ0) is 74.5. The van der Waals surface area contributed by atoms with Crippen LogP contribution in [0.25, 0.3) is 242 Å². The van der Waals surface area contributed by atoms with Gasteiger partial charge in [0, 0.05) is 114 Å². The molecule has 27 rings (SSSR count). The lowest BCUT2D eigenvalue weighted by Gasteiger charge is -2.22. The number of furan rings is 1. The third-order valence-corrected chi connectivity index (χ3v) is 25.3. The molecule has 0 fully saturated rings. The van der Waals surface area contributed by atoms with E-state index in [-0.39, 0.29) is 5.41 Å². The van der Waals surface area contributed by atoms with Crippen molar-refractivity contribution >= 4 is 185 Å². The summed E-state index contributed by atoms with van der Waals surface area (Å²) in [5.74, 6) is 1.37. The van der Waals surface area contributed by atoms with E-state index in [4.69, 9.17) is 24.4 Å². The van der Waals surface area contributed by atoms with Gasteiger partial charge in [0.2, 0.25) is 5.95 Å². The molecule has 9 aromatic heterocycles. The summed E-state index contributed by atoms with van der Waals surface area (Å²) in [7, 11) is 0. The number of rotatable bonds is 5. The summed E-state index contributed by atoms with van der Waals surface area (Å²) in [5, 5.41) is 23.7. The van der Waals surface area contributed by atoms with Crippen LogP contribution >= 0.6 is 0 Å². The van der Waals surface area contributed by atoms with Crippen molar-refractivity contribution in [2.45, 2.75) is 19.3 Å². The van der Waals surface area contributed by atoms with Gasteiger partial charge in [-0.15, -0.1) is 0 Å². The van der Waals surface area contributed by atoms with Crippen molar-refractivity contribution in [3.63, 3.8) is 0 Å². The number of fused-ring (bicyclic) bond motifs is 23. The molecular formula is C105H62N8O. The molecule has 0 atom stereocenters. The molecule has 0 saturated heterocycles. The number of para-hydroxylation sites is 4. The highest BCUT2D eigenvalue weighted by molar-refractivity contribution is 6.34. The van der Waals surface area contributed by atoms with Gasteiger partial charge in [-0.3, -0.25) is 4.57 Å². The fourth-order valence-corrected chi connectivity index (χ4v) is 20.4. The van der Waals surface area contributed by atoms with Gasteiger partial charge >= 0.3 is 0 Å². The van der Waals surface area contributed by atoms with Crippen LogP contribution in [0.3, 0.4) is 0 Å². The summed E-state index contributed by atoms with van der Waals surface area (Å²) < 4.78 is 16.5.